The first-order valence-corrected chi connectivity index (χ1v) is 6.43. The zero-order chi connectivity index (χ0) is 14.4. The van der Waals surface area contributed by atoms with E-state index in [9.17, 15) is 14.8 Å². The molecule has 0 saturated carbocycles. The molecular formula is C16H15FN2O. The number of aliphatic hydroxyl groups excluding tert-OH is 1. The molecule has 0 saturated heterocycles. The van der Waals surface area contributed by atoms with Crippen LogP contribution in [0.5, 0.6) is 0 Å². The van der Waals surface area contributed by atoms with E-state index in [-0.39, 0.29) is 12.5 Å². The average molecular weight is 270 g/mol. The van der Waals surface area contributed by atoms with E-state index in [0.717, 1.165) is 11.8 Å². The molecule has 20 heavy (non-hydrogen) atoms. The standard InChI is InChI=1S/C16H15FN2O/c17-13-6-7-16(19-11-13)14(8-9-20)15(10-18)12-4-2-1-3-5-12/h1-7,11,14-15,20H,8-9H2/t14-,15+/m0/s1. The molecule has 2 rings (SSSR count). The minimum absolute atomic E-state index is 0.0469. The van der Waals surface area contributed by atoms with Crippen molar-refractivity contribution in [3.8, 4) is 6.07 Å². The third-order valence-corrected chi connectivity index (χ3v) is 3.27. The quantitative estimate of drug-likeness (QED) is 0.908. The fourth-order valence-electron chi connectivity index (χ4n) is 2.29. The van der Waals surface area contributed by atoms with Gasteiger partial charge in [0, 0.05) is 18.2 Å². The molecule has 0 aliphatic heterocycles. The molecule has 0 fully saturated rings. The summed E-state index contributed by atoms with van der Waals surface area (Å²) in [5.41, 5.74) is 1.50. The van der Waals surface area contributed by atoms with Crippen LogP contribution in [-0.4, -0.2) is 16.7 Å². The number of pyridine rings is 1. The maximum atomic E-state index is 13.0. The van der Waals surface area contributed by atoms with E-state index in [1.165, 1.54) is 6.07 Å². The van der Waals surface area contributed by atoms with Crippen molar-refractivity contribution in [2.75, 3.05) is 6.61 Å². The van der Waals surface area contributed by atoms with Gasteiger partial charge in [-0.3, -0.25) is 4.98 Å². The van der Waals surface area contributed by atoms with Gasteiger partial charge in [-0.25, -0.2) is 4.39 Å². The predicted octanol–water partition coefficient (Wildman–Crippen LogP) is 2.99. The lowest BCUT2D eigenvalue weighted by molar-refractivity contribution is 0.271. The Morgan fingerprint density at radius 2 is 1.95 bits per heavy atom. The fourth-order valence-corrected chi connectivity index (χ4v) is 2.29. The maximum Gasteiger partial charge on any atom is 0.141 e. The van der Waals surface area contributed by atoms with Gasteiger partial charge >= 0.3 is 0 Å². The molecule has 0 spiro atoms. The molecule has 0 aliphatic carbocycles. The highest BCUT2D eigenvalue weighted by Gasteiger charge is 2.25. The van der Waals surface area contributed by atoms with Gasteiger partial charge in [0.2, 0.25) is 0 Å². The third-order valence-electron chi connectivity index (χ3n) is 3.27. The molecule has 0 amide bonds. The van der Waals surface area contributed by atoms with E-state index in [0.29, 0.717) is 12.1 Å². The van der Waals surface area contributed by atoms with E-state index < -0.39 is 11.7 Å². The first-order chi connectivity index (χ1) is 9.76. The first-order valence-electron chi connectivity index (χ1n) is 6.43. The molecule has 0 unspecified atom stereocenters. The molecule has 2 aromatic rings. The van der Waals surface area contributed by atoms with E-state index in [4.69, 9.17) is 0 Å². The Morgan fingerprint density at radius 1 is 1.20 bits per heavy atom. The lowest BCUT2D eigenvalue weighted by atomic mass is 9.82. The van der Waals surface area contributed by atoms with Crippen molar-refractivity contribution in [1.82, 2.24) is 4.98 Å². The van der Waals surface area contributed by atoms with Gasteiger partial charge in [-0.1, -0.05) is 30.3 Å². The third kappa shape index (κ3) is 3.19. The number of aromatic nitrogens is 1. The maximum absolute atomic E-state index is 13.0. The molecule has 1 heterocycles. The Labute approximate surface area is 117 Å². The van der Waals surface area contributed by atoms with Gasteiger partial charge in [-0.05, 0) is 24.1 Å². The van der Waals surface area contributed by atoms with Crippen molar-refractivity contribution in [2.24, 2.45) is 0 Å². The van der Waals surface area contributed by atoms with Crippen LogP contribution in [-0.2, 0) is 0 Å². The minimum atomic E-state index is -0.415. The van der Waals surface area contributed by atoms with E-state index >= 15 is 0 Å². The fraction of sp³-hybridized carbons (Fsp3) is 0.250. The zero-order valence-corrected chi connectivity index (χ0v) is 10.9. The van der Waals surface area contributed by atoms with Gasteiger partial charge in [0.25, 0.3) is 0 Å². The summed E-state index contributed by atoms with van der Waals surface area (Å²) in [6.45, 7) is -0.0469. The zero-order valence-electron chi connectivity index (χ0n) is 10.9. The lowest BCUT2D eigenvalue weighted by Crippen LogP contribution is -2.13. The van der Waals surface area contributed by atoms with E-state index in [2.05, 4.69) is 11.1 Å². The van der Waals surface area contributed by atoms with Crippen molar-refractivity contribution < 1.29 is 9.50 Å². The molecule has 0 aliphatic rings. The van der Waals surface area contributed by atoms with Crippen LogP contribution in [0, 0.1) is 17.1 Å². The number of nitrogens with zero attached hydrogens (tertiary/aromatic N) is 2. The second-order valence-electron chi connectivity index (χ2n) is 4.54. The SMILES string of the molecule is N#C[C@H](c1ccccc1)[C@H](CCO)c1ccc(F)cn1. The van der Waals surface area contributed by atoms with Gasteiger partial charge < -0.3 is 5.11 Å². The lowest BCUT2D eigenvalue weighted by Gasteiger charge is -2.21. The van der Waals surface area contributed by atoms with Crippen LogP contribution in [0.1, 0.15) is 29.5 Å². The van der Waals surface area contributed by atoms with Crippen LogP contribution in [0.25, 0.3) is 0 Å². The Hall–Kier alpha value is -2.25. The Balaban J connectivity index is 2.36. The number of benzene rings is 1. The second kappa shape index (κ2) is 6.78. The van der Waals surface area contributed by atoms with Crippen molar-refractivity contribution in [3.63, 3.8) is 0 Å². The molecular weight excluding hydrogens is 255 g/mol. The van der Waals surface area contributed by atoms with Crippen LogP contribution in [0.4, 0.5) is 4.39 Å². The van der Waals surface area contributed by atoms with E-state index in [1.807, 2.05) is 30.3 Å². The Kier molecular flexibility index (Phi) is 4.80. The average Bonchev–Trinajstić information content (AvgIpc) is 2.49. The van der Waals surface area contributed by atoms with Crippen molar-refractivity contribution in [2.45, 2.75) is 18.3 Å². The predicted molar refractivity (Wildman–Crippen MR) is 73.4 cm³/mol. The molecule has 102 valence electrons. The van der Waals surface area contributed by atoms with Crippen molar-refractivity contribution in [1.29, 1.82) is 5.26 Å². The molecule has 1 aromatic carbocycles. The molecule has 4 heteroatoms. The highest BCUT2D eigenvalue weighted by atomic mass is 19.1. The highest BCUT2D eigenvalue weighted by Crippen LogP contribution is 2.34. The summed E-state index contributed by atoms with van der Waals surface area (Å²) in [4.78, 5) is 4.05. The van der Waals surface area contributed by atoms with Crippen LogP contribution in [0.3, 0.4) is 0 Å². The summed E-state index contributed by atoms with van der Waals surface area (Å²) in [5, 5.41) is 18.7. The summed E-state index contributed by atoms with van der Waals surface area (Å²) < 4.78 is 13.0. The second-order valence-corrected chi connectivity index (χ2v) is 4.54. The molecule has 1 N–H and O–H groups in total. The minimum Gasteiger partial charge on any atom is -0.396 e. The van der Waals surface area contributed by atoms with Crippen LogP contribution < -0.4 is 0 Å². The normalized spacial score (nSPS) is 13.4. The molecule has 0 radical (unpaired) electrons. The summed E-state index contributed by atoms with van der Waals surface area (Å²) in [7, 11) is 0. The number of hydrogen-bond acceptors (Lipinski definition) is 3. The van der Waals surface area contributed by atoms with Crippen LogP contribution in [0.2, 0.25) is 0 Å². The smallest absolute Gasteiger partial charge is 0.141 e. The molecule has 2 atom stereocenters. The van der Waals surface area contributed by atoms with Gasteiger partial charge in [-0.2, -0.15) is 5.26 Å². The molecule has 3 nitrogen and oxygen atoms in total. The first kappa shape index (κ1) is 14.2. The summed E-state index contributed by atoms with van der Waals surface area (Å²) in [6.07, 6.45) is 1.55. The number of rotatable bonds is 5. The number of halogens is 1. The largest absolute Gasteiger partial charge is 0.396 e. The highest BCUT2D eigenvalue weighted by molar-refractivity contribution is 5.30. The van der Waals surface area contributed by atoms with Crippen LogP contribution in [0.15, 0.2) is 48.7 Å². The van der Waals surface area contributed by atoms with Crippen molar-refractivity contribution >= 4 is 0 Å². The van der Waals surface area contributed by atoms with Crippen LogP contribution >= 0.6 is 0 Å². The number of aliphatic hydroxyl groups is 1. The van der Waals surface area contributed by atoms with Crippen molar-refractivity contribution in [3.05, 3.63) is 65.7 Å². The summed E-state index contributed by atoms with van der Waals surface area (Å²) in [5.74, 6) is -1.08. The number of hydrogen-bond donors (Lipinski definition) is 1. The summed E-state index contributed by atoms with van der Waals surface area (Å²) in [6, 6.07) is 14.5. The monoisotopic (exact) mass is 270 g/mol. The topological polar surface area (TPSA) is 56.9 Å². The summed E-state index contributed by atoms with van der Waals surface area (Å²) >= 11 is 0. The van der Waals surface area contributed by atoms with E-state index in [1.54, 1.807) is 6.07 Å². The van der Waals surface area contributed by atoms with Gasteiger partial charge in [-0.15, -0.1) is 0 Å². The molecule has 1 aromatic heterocycles. The Bertz CT molecular complexity index is 578. The Morgan fingerprint density at radius 3 is 2.50 bits per heavy atom. The number of nitriles is 1. The van der Waals surface area contributed by atoms with Gasteiger partial charge in [0.1, 0.15) is 5.82 Å². The van der Waals surface area contributed by atoms with Gasteiger partial charge in [0.05, 0.1) is 18.2 Å². The van der Waals surface area contributed by atoms with Gasteiger partial charge in [0.15, 0.2) is 0 Å². The molecule has 0 bridgehead atoms.